The Morgan fingerprint density at radius 1 is 0.250 bits per heavy atom. The predicted molar refractivity (Wildman–Crippen MR) is 182 cm³/mol. The van der Waals surface area contributed by atoms with Gasteiger partial charge in [0.05, 0.1) is 172 Å². The Hall–Kier alpha value is -2.72. The molecule has 2 heterocycles. The second kappa shape index (κ2) is 32.9. The first-order valence-electron chi connectivity index (χ1n) is 17.6. The lowest BCUT2D eigenvalue weighted by Crippen LogP contribution is -2.33. The fourth-order valence-corrected chi connectivity index (χ4v) is 4.14. The van der Waals surface area contributed by atoms with Crippen molar-refractivity contribution in [2.75, 3.05) is 172 Å². The van der Waals surface area contributed by atoms with Crippen molar-refractivity contribution in [1.82, 2.24) is 9.80 Å². The number of carbonyl (C=O) groups is 4. The molecule has 18 nitrogen and oxygen atoms in total. The van der Waals surface area contributed by atoms with Crippen molar-refractivity contribution < 1.29 is 76.0 Å². The highest BCUT2D eigenvalue weighted by Gasteiger charge is 2.23. The number of ether oxygens (including phenoxy) is 12. The van der Waals surface area contributed by atoms with E-state index in [1.807, 2.05) is 0 Å². The van der Waals surface area contributed by atoms with E-state index < -0.39 is 0 Å². The zero-order chi connectivity index (χ0) is 37.2. The van der Waals surface area contributed by atoms with Crippen molar-refractivity contribution in [3.63, 3.8) is 0 Å². The van der Waals surface area contributed by atoms with E-state index in [1.54, 1.807) is 0 Å². The van der Waals surface area contributed by atoms with Gasteiger partial charge in [-0.1, -0.05) is 0 Å². The summed E-state index contributed by atoms with van der Waals surface area (Å²) < 4.78 is 65.2. The fourth-order valence-electron chi connectivity index (χ4n) is 4.14. The molecule has 0 aromatic rings. The molecular formula is C34H56N2O16. The van der Waals surface area contributed by atoms with Gasteiger partial charge in [-0.3, -0.25) is 29.0 Å². The van der Waals surface area contributed by atoms with Crippen LogP contribution in [0.4, 0.5) is 0 Å². The van der Waals surface area contributed by atoms with Crippen molar-refractivity contribution in [3.05, 3.63) is 24.3 Å². The summed E-state index contributed by atoms with van der Waals surface area (Å²) in [6.45, 7) is 10.8. The summed E-state index contributed by atoms with van der Waals surface area (Å²) >= 11 is 0. The SMILES string of the molecule is O=C1C=CC(=O)N1CCOCCOCCOCCOCCOCCOCCOCCOCCOCCOCCOCCOCCN1C(=O)C=CC1=O. The van der Waals surface area contributed by atoms with E-state index >= 15 is 0 Å². The summed E-state index contributed by atoms with van der Waals surface area (Å²) in [6.07, 6.45) is 5.00. The largest absolute Gasteiger partial charge is 0.377 e. The number of nitrogens with zero attached hydrogens (tertiary/aromatic N) is 2. The van der Waals surface area contributed by atoms with Gasteiger partial charge in [0.2, 0.25) is 0 Å². The molecule has 52 heavy (non-hydrogen) atoms. The molecule has 0 aliphatic carbocycles. The third-order valence-corrected chi connectivity index (χ3v) is 6.81. The molecule has 2 aliphatic rings. The smallest absolute Gasteiger partial charge is 0.253 e. The van der Waals surface area contributed by atoms with Crippen LogP contribution in [0.2, 0.25) is 0 Å². The summed E-state index contributed by atoms with van der Waals surface area (Å²) in [5.41, 5.74) is 0. The normalized spacial score (nSPS) is 14.3. The van der Waals surface area contributed by atoms with Gasteiger partial charge >= 0.3 is 0 Å². The Balaban J connectivity index is 1.13. The van der Waals surface area contributed by atoms with Crippen molar-refractivity contribution in [1.29, 1.82) is 0 Å². The standard InChI is InChI=1S/C34H56N2O16/c37-31-1-2-32(38)35(31)5-7-41-9-11-43-13-15-45-17-19-47-21-23-49-25-27-51-29-30-52-28-26-50-24-22-48-20-18-46-16-14-44-12-10-42-8-6-36-33(39)3-4-34(36)40/h1-4H,5-30H2. The molecule has 0 saturated carbocycles. The van der Waals surface area contributed by atoms with Crippen LogP contribution in [0.15, 0.2) is 24.3 Å². The highest BCUT2D eigenvalue weighted by Crippen LogP contribution is 2.03. The van der Waals surface area contributed by atoms with Crippen molar-refractivity contribution in [3.8, 4) is 0 Å². The molecular weight excluding hydrogens is 692 g/mol. The maximum Gasteiger partial charge on any atom is 0.253 e. The van der Waals surface area contributed by atoms with Gasteiger partial charge in [0.25, 0.3) is 23.6 Å². The van der Waals surface area contributed by atoms with Crippen LogP contribution < -0.4 is 0 Å². The molecule has 0 fully saturated rings. The maximum atomic E-state index is 11.4. The average Bonchev–Trinajstić information content (AvgIpc) is 3.64. The molecule has 0 aromatic carbocycles. The Kier molecular flexibility index (Phi) is 28.7. The summed E-state index contributed by atoms with van der Waals surface area (Å²) in [7, 11) is 0. The molecule has 0 spiro atoms. The third-order valence-electron chi connectivity index (χ3n) is 6.81. The number of carbonyl (C=O) groups excluding carboxylic acids is 4. The van der Waals surface area contributed by atoms with E-state index in [-0.39, 0.29) is 49.9 Å². The number of amides is 4. The molecule has 2 aliphatic heterocycles. The lowest BCUT2D eigenvalue weighted by Gasteiger charge is -2.13. The first-order valence-corrected chi connectivity index (χ1v) is 17.6. The van der Waals surface area contributed by atoms with Crippen LogP contribution in [0.1, 0.15) is 0 Å². The Labute approximate surface area is 305 Å². The van der Waals surface area contributed by atoms with Gasteiger partial charge in [0, 0.05) is 24.3 Å². The minimum Gasteiger partial charge on any atom is -0.377 e. The lowest BCUT2D eigenvalue weighted by atomic mass is 10.5. The van der Waals surface area contributed by atoms with Gasteiger partial charge in [0.1, 0.15) is 0 Å². The minimum atomic E-state index is -0.312. The van der Waals surface area contributed by atoms with Crippen LogP contribution in [0, 0.1) is 0 Å². The Morgan fingerprint density at radius 2 is 0.385 bits per heavy atom. The van der Waals surface area contributed by atoms with E-state index in [1.165, 1.54) is 24.3 Å². The zero-order valence-electron chi connectivity index (χ0n) is 30.1. The second-order valence-electron chi connectivity index (χ2n) is 10.7. The van der Waals surface area contributed by atoms with Crippen LogP contribution in [0.3, 0.4) is 0 Å². The van der Waals surface area contributed by atoms with E-state index in [2.05, 4.69) is 0 Å². The Morgan fingerprint density at radius 3 is 0.538 bits per heavy atom. The van der Waals surface area contributed by atoms with E-state index in [0.29, 0.717) is 145 Å². The van der Waals surface area contributed by atoms with Crippen molar-refractivity contribution in [2.45, 2.75) is 0 Å². The third kappa shape index (κ3) is 24.5. The van der Waals surface area contributed by atoms with Gasteiger partial charge in [0.15, 0.2) is 0 Å². The molecule has 0 atom stereocenters. The molecule has 298 valence electrons. The molecule has 0 unspecified atom stereocenters. The molecule has 0 aromatic heterocycles. The molecule has 18 heteroatoms. The van der Waals surface area contributed by atoms with Crippen molar-refractivity contribution >= 4 is 23.6 Å². The van der Waals surface area contributed by atoms with E-state index in [0.717, 1.165) is 9.80 Å². The molecule has 0 saturated heterocycles. The molecule has 4 amide bonds. The number of hydrogen-bond donors (Lipinski definition) is 0. The van der Waals surface area contributed by atoms with Crippen LogP contribution in [0.25, 0.3) is 0 Å². The lowest BCUT2D eigenvalue weighted by molar-refractivity contribution is -0.139. The summed E-state index contributed by atoms with van der Waals surface area (Å²) in [5, 5.41) is 0. The number of hydrogen-bond acceptors (Lipinski definition) is 16. The van der Waals surface area contributed by atoms with Gasteiger partial charge in [-0.05, 0) is 0 Å². The highest BCUT2D eigenvalue weighted by molar-refractivity contribution is 6.13. The Bertz CT molecular complexity index is 900. The number of imide groups is 2. The number of rotatable bonds is 39. The maximum absolute atomic E-state index is 11.4. The van der Waals surface area contributed by atoms with Gasteiger partial charge in [-0.15, -0.1) is 0 Å². The monoisotopic (exact) mass is 748 g/mol. The molecule has 2 rings (SSSR count). The van der Waals surface area contributed by atoms with Gasteiger partial charge < -0.3 is 56.8 Å². The molecule has 0 radical (unpaired) electrons. The molecule has 0 N–H and O–H groups in total. The topological polar surface area (TPSA) is 186 Å². The van der Waals surface area contributed by atoms with Crippen LogP contribution >= 0.6 is 0 Å². The zero-order valence-corrected chi connectivity index (χ0v) is 30.1. The van der Waals surface area contributed by atoms with Gasteiger partial charge in [-0.25, -0.2) is 0 Å². The van der Waals surface area contributed by atoms with Crippen LogP contribution in [0.5, 0.6) is 0 Å². The minimum absolute atomic E-state index is 0.233. The first kappa shape index (κ1) is 45.4. The second-order valence-corrected chi connectivity index (χ2v) is 10.7. The van der Waals surface area contributed by atoms with Crippen LogP contribution in [-0.2, 0) is 76.0 Å². The molecule has 0 bridgehead atoms. The average molecular weight is 749 g/mol. The van der Waals surface area contributed by atoms with Gasteiger partial charge in [-0.2, -0.15) is 0 Å². The van der Waals surface area contributed by atoms with E-state index in [9.17, 15) is 19.2 Å². The summed E-state index contributed by atoms with van der Waals surface area (Å²) in [4.78, 5) is 47.9. The fraction of sp³-hybridized carbons (Fsp3) is 0.765. The first-order chi connectivity index (χ1) is 25.6. The summed E-state index contributed by atoms with van der Waals surface area (Å²) in [5.74, 6) is -1.25. The van der Waals surface area contributed by atoms with Crippen molar-refractivity contribution in [2.24, 2.45) is 0 Å². The summed E-state index contributed by atoms with van der Waals surface area (Å²) in [6, 6.07) is 0. The highest BCUT2D eigenvalue weighted by atomic mass is 16.6. The quantitative estimate of drug-likeness (QED) is 0.0552. The van der Waals surface area contributed by atoms with Crippen LogP contribution in [-0.4, -0.2) is 205 Å². The predicted octanol–water partition coefficient (Wildman–Crippen LogP) is -0.964. The van der Waals surface area contributed by atoms with E-state index in [4.69, 9.17) is 56.8 Å².